The third-order valence-corrected chi connectivity index (χ3v) is 22.5. The molecule has 0 fully saturated rings. The first-order valence-corrected chi connectivity index (χ1v) is 35.4. The Kier molecular flexibility index (Phi) is 12.3. The van der Waals surface area contributed by atoms with Gasteiger partial charge >= 0.3 is 0 Å². The number of allylic oxidation sites excluding steroid dienone is 1. The molecule has 2 spiro atoms. The van der Waals surface area contributed by atoms with Crippen molar-refractivity contribution in [2.24, 2.45) is 0 Å². The molecule has 4 heterocycles. The Labute approximate surface area is 594 Å². The van der Waals surface area contributed by atoms with Crippen LogP contribution in [0.1, 0.15) is 67.1 Å². The summed E-state index contributed by atoms with van der Waals surface area (Å²) in [6.07, 6.45) is 4.65. The molecule has 6 nitrogen and oxygen atoms in total. The van der Waals surface area contributed by atoms with Crippen LogP contribution >= 0.6 is 0 Å². The first-order valence-electron chi connectivity index (χ1n) is 35.4. The van der Waals surface area contributed by atoms with Crippen LogP contribution in [0.2, 0.25) is 0 Å². The maximum Gasteiger partial charge on any atom is 0.160 e. The summed E-state index contributed by atoms with van der Waals surface area (Å²) in [7, 11) is 0. The van der Waals surface area contributed by atoms with E-state index in [-0.39, 0.29) is 5.92 Å². The van der Waals surface area contributed by atoms with Crippen molar-refractivity contribution in [2.75, 3.05) is 0 Å². The number of ether oxygens (including phenoxy) is 2. The average Bonchev–Trinajstić information content (AvgIpc) is 1.56. The van der Waals surface area contributed by atoms with Crippen molar-refractivity contribution in [3.05, 3.63) is 401 Å². The molecule has 103 heavy (non-hydrogen) atoms. The van der Waals surface area contributed by atoms with E-state index in [0.717, 1.165) is 118 Å². The lowest BCUT2D eigenvalue weighted by Gasteiger charge is -2.40. The van der Waals surface area contributed by atoms with E-state index in [1.807, 2.05) is 6.07 Å². The molecule has 0 N–H and O–H groups in total. The van der Waals surface area contributed by atoms with E-state index in [1.165, 1.54) is 77.2 Å². The minimum Gasteiger partial charge on any atom is -0.456 e. The highest BCUT2D eigenvalue weighted by atomic mass is 16.5. The summed E-state index contributed by atoms with van der Waals surface area (Å²) in [5, 5.41) is 7.14. The van der Waals surface area contributed by atoms with Crippen molar-refractivity contribution in [3.8, 4) is 113 Å². The molecule has 0 amide bonds. The summed E-state index contributed by atoms with van der Waals surface area (Å²) < 4.78 is 14.5. The quantitative estimate of drug-likeness (QED) is 0.148. The van der Waals surface area contributed by atoms with Crippen LogP contribution in [-0.2, 0) is 10.8 Å². The molecule has 0 bridgehead atoms. The maximum absolute atomic E-state index is 7.25. The summed E-state index contributed by atoms with van der Waals surface area (Å²) in [6, 6.07) is 120. The van der Waals surface area contributed by atoms with Crippen LogP contribution in [0.3, 0.4) is 0 Å². The Morgan fingerprint density at radius 2 is 0.699 bits per heavy atom. The summed E-state index contributed by atoms with van der Waals surface area (Å²) in [6.45, 7) is 0. The van der Waals surface area contributed by atoms with Gasteiger partial charge in [-0.2, -0.15) is 0 Å². The molecule has 478 valence electrons. The van der Waals surface area contributed by atoms with E-state index < -0.39 is 10.8 Å². The first-order chi connectivity index (χ1) is 51.0. The third-order valence-electron chi connectivity index (χ3n) is 22.5. The fraction of sp³-hybridized carbons (Fsp3) is 0.0309. The molecule has 6 heteroatoms. The molecule has 0 radical (unpaired) electrons. The van der Waals surface area contributed by atoms with Crippen molar-refractivity contribution in [1.82, 2.24) is 19.9 Å². The third kappa shape index (κ3) is 8.32. The zero-order valence-corrected chi connectivity index (χ0v) is 55.6. The van der Waals surface area contributed by atoms with Crippen LogP contribution in [0.25, 0.3) is 128 Å². The molecule has 2 aliphatic heterocycles. The summed E-state index contributed by atoms with van der Waals surface area (Å²) in [5.41, 5.74) is 25.5. The molecule has 1 unspecified atom stereocenters. The van der Waals surface area contributed by atoms with Crippen molar-refractivity contribution in [3.63, 3.8) is 0 Å². The van der Waals surface area contributed by atoms with Crippen LogP contribution in [0, 0.1) is 0 Å². The van der Waals surface area contributed by atoms with Gasteiger partial charge in [-0.3, -0.25) is 0 Å². The van der Waals surface area contributed by atoms with Crippen LogP contribution < -0.4 is 9.47 Å². The Balaban J connectivity index is 0.651. The van der Waals surface area contributed by atoms with Crippen molar-refractivity contribution in [1.29, 1.82) is 0 Å². The predicted octanol–water partition coefficient (Wildman–Crippen LogP) is 23.8. The van der Waals surface area contributed by atoms with Gasteiger partial charge in [0.1, 0.15) is 23.0 Å². The van der Waals surface area contributed by atoms with Gasteiger partial charge in [-0.15, -0.1) is 0 Å². The smallest absolute Gasteiger partial charge is 0.160 e. The maximum atomic E-state index is 7.25. The number of hydrogen-bond donors (Lipinski definition) is 0. The molecular formula is C97H58N4O2. The second-order valence-corrected chi connectivity index (χ2v) is 27.7. The topological polar surface area (TPSA) is 70.0 Å². The van der Waals surface area contributed by atoms with Crippen molar-refractivity contribution < 1.29 is 9.47 Å². The molecule has 5 aliphatic rings. The monoisotopic (exact) mass is 1310 g/mol. The summed E-state index contributed by atoms with van der Waals surface area (Å²) in [5.74, 6) is 4.48. The number of nitrogens with zero attached hydrogens (tertiary/aromatic N) is 4. The Bertz CT molecular complexity index is 6440. The van der Waals surface area contributed by atoms with Crippen molar-refractivity contribution in [2.45, 2.75) is 16.7 Å². The minimum absolute atomic E-state index is 0.0200. The number of fused-ring (bicyclic) bond motifs is 21. The highest BCUT2D eigenvalue weighted by Gasteiger charge is 2.53. The van der Waals surface area contributed by atoms with E-state index >= 15 is 0 Å². The minimum atomic E-state index is -0.631. The standard InChI is InChI=1S/C97H58N4O2/c1-2-22-60(23-3-1)94-99-86(57-88(100-94)76-32-20-40-84-93(76)103-90-42-17-15-38-82(90)97(84)79-35-12-8-28-72(79)73-29-9-13-36-80(73)97)66-54-64-24-18-30-74-68(52-50-65(55-66)91(64)74)59-43-46-61(47-44-59)95-98-85(63-49-51-69-62(53-63)48-45-58-21-4-5-25-67(58)69)56-87(101-95)75-31-19-39-83-92(75)102-89-41-16-14-37-81(89)96(83)77-33-10-6-26-70(77)71-27-7-11-34-78(71)96/h1-57,68H. The van der Waals surface area contributed by atoms with Crippen LogP contribution in [0.5, 0.6) is 23.0 Å². The molecule has 2 aromatic heterocycles. The molecule has 0 saturated heterocycles. The SMILES string of the molecule is C1=CC(c2ccc(-c3nc(-c4ccc5c(ccc6ccccc65)c4)cc(-c4cccc5c4Oc4ccccc4C54c5ccccc5-c5ccccc54)n3)cc2)c2cccc3cc(-c4cc(-c5cccc6c5Oc5ccccc5C65c6ccccc6-c6ccccc65)nc(-c5ccccc5)n4)cc1c23. The second-order valence-electron chi connectivity index (χ2n) is 27.7. The van der Waals surface area contributed by atoms with Gasteiger partial charge in [0.2, 0.25) is 0 Å². The lowest BCUT2D eigenvalue weighted by molar-refractivity contribution is 0.437. The van der Waals surface area contributed by atoms with Gasteiger partial charge in [0, 0.05) is 61.6 Å². The highest BCUT2D eigenvalue weighted by molar-refractivity contribution is 6.09. The molecule has 15 aromatic carbocycles. The van der Waals surface area contributed by atoms with E-state index in [4.69, 9.17) is 29.4 Å². The average molecular weight is 1310 g/mol. The number of para-hydroxylation sites is 4. The van der Waals surface area contributed by atoms with E-state index in [1.54, 1.807) is 0 Å². The number of benzene rings is 15. The Hall–Kier alpha value is -13.4. The molecule has 0 saturated carbocycles. The largest absolute Gasteiger partial charge is 0.456 e. The van der Waals surface area contributed by atoms with Crippen molar-refractivity contribution >= 4 is 38.4 Å². The normalized spacial score (nSPS) is 14.6. The van der Waals surface area contributed by atoms with Crippen LogP contribution in [0.15, 0.2) is 340 Å². The summed E-state index contributed by atoms with van der Waals surface area (Å²) >= 11 is 0. The zero-order valence-electron chi connectivity index (χ0n) is 55.6. The van der Waals surface area contributed by atoms with E-state index in [0.29, 0.717) is 11.6 Å². The highest BCUT2D eigenvalue weighted by Crippen LogP contribution is 2.65. The van der Waals surface area contributed by atoms with E-state index in [2.05, 4.69) is 340 Å². The lowest BCUT2D eigenvalue weighted by atomic mass is 9.65. The fourth-order valence-corrected chi connectivity index (χ4v) is 18.1. The molecule has 17 aromatic rings. The molecule has 1 atom stereocenters. The second kappa shape index (κ2) is 22.0. The van der Waals surface area contributed by atoms with Gasteiger partial charge in [-0.25, -0.2) is 19.9 Å². The number of aromatic nitrogens is 4. The van der Waals surface area contributed by atoms with Gasteiger partial charge in [-0.1, -0.05) is 291 Å². The van der Waals surface area contributed by atoms with Gasteiger partial charge in [0.25, 0.3) is 0 Å². The van der Waals surface area contributed by atoms with Gasteiger partial charge in [0.05, 0.1) is 33.6 Å². The summed E-state index contributed by atoms with van der Waals surface area (Å²) in [4.78, 5) is 22.0. The fourth-order valence-electron chi connectivity index (χ4n) is 18.1. The van der Waals surface area contributed by atoms with Crippen LogP contribution in [-0.4, -0.2) is 19.9 Å². The molecule has 22 rings (SSSR count). The first kappa shape index (κ1) is 57.5. The van der Waals surface area contributed by atoms with Crippen LogP contribution in [0.4, 0.5) is 0 Å². The molecule has 3 aliphatic carbocycles. The Morgan fingerprint density at radius 3 is 1.29 bits per heavy atom. The Morgan fingerprint density at radius 1 is 0.272 bits per heavy atom. The predicted molar refractivity (Wildman–Crippen MR) is 415 cm³/mol. The zero-order chi connectivity index (χ0) is 67.5. The van der Waals surface area contributed by atoms with Gasteiger partial charge in [-0.05, 0) is 148 Å². The molecular weight excluding hydrogens is 1250 g/mol. The number of rotatable bonds is 7. The van der Waals surface area contributed by atoms with E-state index in [9.17, 15) is 0 Å². The lowest BCUT2D eigenvalue weighted by Crippen LogP contribution is -2.32. The van der Waals surface area contributed by atoms with Gasteiger partial charge in [0.15, 0.2) is 11.6 Å². The number of hydrogen-bond acceptors (Lipinski definition) is 6. The van der Waals surface area contributed by atoms with Gasteiger partial charge < -0.3 is 9.47 Å².